The van der Waals surface area contributed by atoms with Crippen molar-refractivity contribution in [2.24, 2.45) is 0 Å². The molecule has 0 radical (unpaired) electrons. The summed E-state index contributed by atoms with van der Waals surface area (Å²) in [6, 6.07) is 0. The number of unbranched alkanes of at least 4 members (excludes halogenated alkanes) is 24. The van der Waals surface area contributed by atoms with E-state index in [2.05, 4.69) is 62.5 Å². The summed E-state index contributed by atoms with van der Waals surface area (Å²) in [6.45, 7) is 5.31. The molecule has 0 heterocycles. The molecule has 0 aliphatic carbocycles. The maximum absolute atomic E-state index is 12.2. The lowest BCUT2D eigenvalue weighted by Gasteiger charge is -2.15. The Bertz CT molecular complexity index is 783. The van der Waals surface area contributed by atoms with Crippen LogP contribution in [0.25, 0.3) is 0 Å². The lowest BCUT2D eigenvalue weighted by molar-refractivity contribution is -0.154. The predicted molar refractivity (Wildman–Crippen MR) is 219 cm³/mol. The molecule has 4 nitrogen and oxygen atoms in total. The van der Waals surface area contributed by atoms with E-state index in [-0.39, 0.29) is 19.2 Å². The molecular weight excluding hydrogens is 617 g/mol. The Hall–Kier alpha value is -1.65. The molecule has 1 N–H and O–H groups in total. The highest BCUT2D eigenvalue weighted by molar-refractivity contribution is 5.69. The summed E-state index contributed by atoms with van der Waals surface area (Å²) >= 11 is 0. The molecule has 0 aromatic heterocycles. The van der Waals surface area contributed by atoms with Crippen LogP contribution < -0.4 is 0 Å². The second-order valence-corrected chi connectivity index (χ2v) is 14.4. The molecular formula is C46H84O4. The minimum Gasteiger partial charge on any atom is -0.457 e. The van der Waals surface area contributed by atoms with E-state index in [0.717, 1.165) is 32.1 Å². The van der Waals surface area contributed by atoms with Crippen LogP contribution in [0.5, 0.6) is 0 Å². The van der Waals surface area contributed by atoms with Gasteiger partial charge in [0.05, 0.1) is 13.2 Å². The van der Waals surface area contributed by atoms with Crippen LogP contribution in [0, 0.1) is 0 Å². The van der Waals surface area contributed by atoms with Gasteiger partial charge in [0, 0.05) is 13.0 Å². The third-order valence-electron chi connectivity index (χ3n) is 9.38. The highest BCUT2D eigenvalue weighted by Gasteiger charge is 2.13. The van der Waals surface area contributed by atoms with Crippen molar-refractivity contribution in [3.8, 4) is 0 Å². The van der Waals surface area contributed by atoms with Crippen LogP contribution in [0.2, 0.25) is 0 Å². The second-order valence-electron chi connectivity index (χ2n) is 14.4. The number of aliphatic hydroxyl groups excluding tert-OH is 1. The average Bonchev–Trinajstić information content (AvgIpc) is 3.12. The number of hydrogen-bond acceptors (Lipinski definition) is 4. The smallest absolute Gasteiger partial charge is 0.306 e. The molecule has 0 aromatic carbocycles. The lowest BCUT2D eigenvalue weighted by Crippen LogP contribution is -2.27. The molecule has 0 bridgehead atoms. The number of rotatable bonds is 40. The number of esters is 1. The van der Waals surface area contributed by atoms with E-state index >= 15 is 0 Å². The fourth-order valence-electron chi connectivity index (χ4n) is 6.09. The maximum Gasteiger partial charge on any atom is 0.306 e. The van der Waals surface area contributed by atoms with E-state index in [0.29, 0.717) is 13.0 Å². The molecule has 292 valence electrons. The summed E-state index contributed by atoms with van der Waals surface area (Å²) in [4.78, 5) is 12.2. The molecule has 0 aliphatic heterocycles. The molecule has 0 saturated heterocycles. The van der Waals surface area contributed by atoms with Crippen molar-refractivity contribution in [1.29, 1.82) is 0 Å². The summed E-state index contributed by atoms with van der Waals surface area (Å²) in [5.41, 5.74) is 0. The SMILES string of the molecule is CCCCCCC/C=C\C/C=C\C/C=C\CCCCCCCCCCCOCC(CO)OC(=O)CCCCCCC/C=C\CCCCCCC. The summed E-state index contributed by atoms with van der Waals surface area (Å²) < 4.78 is 11.1. The van der Waals surface area contributed by atoms with E-state index in [4.69, 9.17) is 9.47 Å². The molecule has 0 rings (SSSR count). The third kappa shape index (κ3) is 40.8. The Morgan fingerprint density at radius 3 is 1.28 bits per heavy atom. The van der Waals surface area contributed by atoms with Gasteiger partial charge in [0.2, 0.25) is 0 Å². The van der Waals surface area contributed by atoms with Crippen LogP contribution >= 0.6 is 0 Å². The number of carbonyl (C=O) groups excluding carboxylic acids is 1. The van der Waals surface area contributed by atoms with Crippen LogP contribution in [-0.2, 0) is 14.3 Å². The van der Waals surface area contributed by atoms with Crippen LogP contribution in [0.1, 0.15) is 213 Å². The zero-order chi connectivity index (χ0) is 36.3. The van der Waals surface area contributed by atoms with Crippen molar-refractivity contribution in [3.63, 3.8) is 0 Å². The summed E-state index contributed by atoms with van der Waals surface area (Å²) in [5.74, 6) is -0.212. The fraction of sp³-hybridized carbons (Fsp3) is 0.804. The lowest BCUT2D eigenvalue weighted by atomic mass is 10.1. The molecule has 0 amide bonds. The van der Waals surface area contributed by atoms with Gasteiger partial charge in [0.1, 0.15) is 6.10 Å². The van der Waals surface area contributed by atoms with Gasteiger partial charge in [-0.25, -0.2) is 0 Å². The van der Waals surface area contributed by atoms with E-state index in [1.165, 1.54) is 161 Å². The minimum absolute atomic E-state index is 0.178. The van der Waals surface area contributed by atoms with Gasteiger partial charge < -0.3 is 14.6 Å². The van der Waals surface area contributed by atoms with E-state index in [1.54, 1.807) is 0 Å². The monoisotopic (exact) mass is 701 g/mol. The fourth-order valence-corrected chi connectivity index (χ4v) is 6.09. The van der Waals surface area contributed by atoms with Crippen molar-refractivity contribution in [2.75, 3.05) is 19.8 Å². The van der Waals surface area contributed by atoms with Crippen molar-refractivity contribution < 1.29 is 19.4 Å². The summed E-state index contributed by atoms with van der Waals surface area (Å²) in [6.07, 6.45) is 56.0. The number of aliphatic hydroxyl groups is 1. The molecule has 1 atom stereocenters. The van der Waals surface area contributed by atoms with Crippen molar-refractivity contribution >= 4 is 5.97 Å². The molecule has 1 unspecified atom stereocenters. The molecule has 0 saturated carbocycles. The Labute approximate surface area is 312 Å². The normalized spacial score (nSPS) is 12.8. The van der Waals surface area contributed by atoms with E-state index in [9.17, 15) is 9.90 Å². The Balaban J connectivity index is 3.45. The van der Waals surface area contributed by atoms with Crippen molar-refractivity contribution in [3.05, 3.63) is 48.6 Å². The van der Waals surface area contributed by atoms with Gasteiger partial charge in [-0.2, -0.15) is 0 Å². The first-order valence-corrected chi connectivity index (χ1v) is 21.7. The number of carbonyl (C=O) groups is 1. The zero-order valence-corrected chi connectivity index (χ0v) is 33.4. The minimum atomic E-state index is -0.541. The van der Waals surface area contributed by atoms with Crippen LogP contribution in [0.15, 0.2) is 48.6 Å². The first-order valence-electron chi connectivity index (χ1n) is 21.7. The van der Waals surface area contributed by atoms with Crippen LogP contribution in [-0.4, -0.2) is 37.0 Å². The Morgan fingerprint density at radius 1 is 0.480 bits per heavy atom. The maximum atomic E-state index is 12.2. The van der Waals surface area contributed by atoms with Crippen molar-refractivity contribution in [2.45, 2.75) is 219 Å². The van der Waals surface area contributed by atoms with Crippen LogP contribution in [0.3, 0.4) is 0 Å². The molecule has 0 aliphatic rings. The summed E-state index contributed by atoms with van der Waals surface area (Å²) in [5, 5.41) is 9.59. The Kier molecular flexibility index (Phi) is 42.1. The highest BCUT2D eigenvalue weighted by Crippen LogP contribution is 2.13. The Morgan fingerprint density at radius 2 is 0.840 bits per heavy atom. The van der Waals surface area contributed by atoms with E-state index < -0.39 is 6.10 Å². The molecule has 4 heteroatoms. The summed E-state index contributed by atoms with van der Waals surface area (Å²) in [7, 11) is 0. The van der Waals surface area contributed by atoms with Gasteiger partial charge in [0.15, 0.2) is 0 Å². The number of hydrogen-bond donors (Lipinski definition) is 1. The van der Waals surface area contributed by atoms with Gasteiger partial charge in [-0.15, -0.1) is 0 Å². The van der Waals surface area contributed by atoms with Gasteiger partial charge in [-0.3, -0.25) is 4.79 Å². The van der Waals surface area contributed by atoms with Crippen molar-refractivity contribution in [1.82, 2.24) is 0 Å². The standard InChI is InChI=1S/C46H84O4/c1-3-5-7-9-11-13-15-17-19-20-21-22-23-24-25-26-27-28-30-32-34-36-38-40-42-49-44-45(43-47)50-46(48)41-39-37-35-33-31-29-18-16-14-12-10-8-6-4-2/h15-18,20-21,23-24,45,47H,3-14,19,22,25-44H2,1-2H3/b17-15-,18-16-,21-20-,24-23-. The van der Waals surface area contributed by atoms with Crippen LogP contribution in [0.4, 0.5) is 0 Å². The van der Waals surface area contributed by atoms with Gasteiger partial charge >= 0.3 is 5.97 Å². The second kappa shape index (κ2) is 43.5. The molecule has 0 aromatic rings. The highest BCUT2D eigenvalue weighted by atomic mass is 16.6. The molecule has 50 heavy (non-hydrogen) atoms. The average molecular weight is 701 g/mol. The first kappa shape index (κ1) is 48.3. The topological polar surface area (TPSA) is 55.8 Å². The quantitative estimate of drug-likeness (QED) is 0.0393. The number of allylic oxidation sites excluding steroid dienone is 8. The predicted octanol–water partition coefficient (Wildman–Crippen LogP) is 14.3. The zero-order valence-electron chi connectivity index (χ0n) is 33.4. The first-order chi connectivity index (χ1) is 24.7. The molecule has 0 spiro atoms. The van der Waals surface area contributed by atoms with Gasteiger partial charge in [-0.05, 0) is 77.0 Å². The molecule has 0 fully saturated rings. The third-order valence-corrected chi connectivity index (χ3v) is 9.38. The van der Waals surface area contributed by atoms with E-state index in [1.807, 2.05) is 0 Å². The van der Waals surface area contributed by atoms with Gasteiger partial charge in [-0.1, -0.05) is 178 Å². The van der Waals surface area contributed by atoms with Gasteiger partial charge in [0.25, 0.3) is 0 Å². The largest absolute Gasteiger partial charge is 0.457 e. The number of ether oxygens (including phenoxy) is 2.